The van der Waals surface area contributed by atoms with Gasteiger partial charge in [-0.05, 0) is 30.2 Å². The van der Waals surface area contributed by atoms with Crippen LogP contribution >= 0.6 is 0 Å². The number of aromatic carboxylic acids is 1. The summed E-state index contributed by atoms with van der Waals surface area (Å²) in [5, 5.41) is 9.01. The maximum atomic E-state index is 13.6. The first-order valence-corrected chi connectivity index (χ1v) is 5.18. The molecule has 0 aliphatic heterocycles. The van der Waals surface area contributed by atoms with Crippen molar-refractivity contribution in [3.8, 4) is 11.1 Å². The minimum Gasteiger partial charge on any atom is -0.478 e. The van der Waals surface area contributed by atoms with Gasteiger partial charge in [0.15, 0.2) is 0 Å². The molecule has 0 aromatic heterocycles. The van der Waals surface area contributed by atoms with E-state index in [1.807, 2.05) is 0 Å². The third-order valence-corrected chi connectivity index (χ3v) is 2.65. The summed E-state index contributed by atoms with van der Waals surface area (Å²) in [6, 6.07) is 11.2. The van der Waals surface area contributed by atoms with Gasteiger partial charge in [0.25, 0.3) is 0 Å². The molecule has 0 bridgehead atoms. The van der Waals surface area contributed by atoms with Gasteiger partial charge in [-0.3, -0.25) is 0 Å². The Labute approximate surface area is 98.3 Å². The summed E-state index contributed by atoms with van der Waals surface area (Å²) in [5.74, 6) is -1.35. The Balaban J connectivity index is 2.58. The molecule has 2 nitrogen and oxygen atoms in total. The van der Waals surface area contributed by atoms with E-state index in [0.29, 0.717) is 16.7 Å². The number of benzene rings is 2. The Bertz CT molecular complexity index is 576. The van der Waals surface area contributed by atoms with Gasteiger partial charge in [0.1, 0.15) is 5.82 Å². The average molecular weight is 230 g/mol. The maximum absolute atomic E-state index is 13.6. The van der Waals surface area contributed by atoms with Gasteiger partial charge in [0.05, 0.1) is 5.56 Å². The van der Waals surface area contributed by atoms with Gasteiger partial charge in [0, 0.05) is 5.56 Å². The molecule has 2 rings (SSSR count). The third kappa shape index (κ3) is 2.18. The van der Waals surface area contributed by atoms with Crippen molar-refractivity contribution >= 4 is 5.97 Å². The van der Waals surface area contributed by atoms with Crippen LogP contribution in [0.4, 0.5) is 4.39 Å². The molecule has 0 aliphatic carbocycles. The van der Waals surface area contributed by atoms with Crippen molar-refractivity contribution in [2.24, 2.45) is 0 Å². The zero-order chi connectivity index (χ0) is 12.4. The Morgan fingerprint density at radius 3 is 2.53 bits per heavy atom. The van der Waals surface area contributed by atoms with E-state index in [-0.39, 0.29) is 11.4 Å². The Kier molecular flexibility index (Phi) is 2.91. The molecule has 2 aromatic carbocycles. The van der Waals surface area contributed by atoms with Crippen molar-refractivity contribution in [1.82, 2.24) is 0 Å². The fraction of sp³-hybridized carbons (Fsp3) is 0.0714. The van der Waals surface area contributed by atoms with Gasteiger partial charge in [-0.25, -0.2) is 9.18 Å². The molecule has 0 spiro atoms. The van der Waals surface area contributed by atoms with Crippen LogP contribution in [0.15, 0.2) is 42.5 Å². The fourth-order valence-electron chi connectivity index (χ4n) is 1.72. The number of halogens is 1. The first-order valence-electron chi connectivity index (χ1n) is 5.18. The standard InChI is InChI=1S/C14H11FO2/c1-9-6-7-10(8-12(9)14(16)17)11-4-2-3-5-13(11)15/h2-8H,1H3,(H,16,17). The largest absolute Gasteiger partial charge is 0.478 e. The smallest absolute Gasteiger partial charge is 0.335 e. The molecular weight excluding hydrogens is 219 g/mol. The molecule has 0 saturated heterocycles. The molecule has 3 heteroatoms. The zero-order valence-electron chi connectivity index (χ0n) is 9.27. The predicted molar refractivity (Wildman–Crippen MR) is 63.5 cm³/mol. The third-order valence-electron chi connectivity index (χ3n) is 2.65. The van der Waals surface area contributed by atoms with Crippen molar-refractivity contribution in [2.75, 3.05) is 0 Å². The van der Waals surface area contributed by atoms with Crippen molar-refractivity contribution in [3.63, 3.8) is 0 Å². The summed E-state index contributed by atoms with van der Waals surface area (Å²) in [6.45, 7) is 1.72. The Morgan fingerprint density at radius 1 is 1.18 bits per heavy atom. The lowest BCUT2D eigenvalue weighted by atomic mass is 9.99. The van der Waals surface area contributed by atoms with E-state index >= 15 is 0 Å². The molecule has 0 heterocycles. The normalized spacial score (nSPS) is 10.2. The zero-order valence-corrected chi connectivity index (χ0v) is 9.27. The first kappa shape index (κ1) is 11.3. The molecule has 17 heavy (non-hydrogen) atoms. The Hall–Kier alpha value is -2.16. The van der Waals surface area contributed by atoms with Crippen LogP contribution in [0, 0.1) is 12.7 Å². The highest BCUT2D eigenvalue weighted by Gasteiger charge is 2.10. The van der Waals surface area contributed by atoms with E-state index in [0.717, 1.165) is 0 Å². The number of carboxylic acids is 1. The number of hydrogen-bond donors (Lipinski definition) is 1. The van der Waals surface area contributed by atoms with Crippen molar-refractivity contribution < 1.29 is 14.3 Å². The lowest BCUT2D eigenvalue weighted by Crippen LogP contribution is -2.00. The highest BCUT2D eigenvalue weighted by Crippen LogP contribution is 2.24. The lowest BCUT2D eigenvalue weighted by Gasteiger charge is -2.06. The number of carbonyl (C=O) groups is 1. The van der Waals surface area contributed by atoms with E-state index in [1.54, 1.807) is 37.3 Å². The first-order chi connectivity index (χ1) is 8.09. The summed E-state index contributed by atoms with van der Waals surface area (Å²) in [7, 11) is 0. The van der Waals surface area contributed by atoms with Crippen LogP contribution in [0.2, 0.25) is 0 Å². The lowest BCUT2D eigenvalue weighted by molar-refractivity contribution is 0.0696. The summed E-state index contributed by atoms with van der Waals surface area (Å²) < 4.78 is 13.6. The van der Waals surface area contributed by atoms with Crippen LogP contribution < -0.4 is 0 Å². The highest BCUT2D eigenvalue weighted by molar-refractivity contribution is 5.91. The fourth-order valence-corrected chi connectivity index (χ4v) is 1.72. The summed E-state index contributed by atoms with van der Waals surface area (Å²) in [6.07, 6.45) is 0. The summed E-state index contributed by atoms with van der Waals surface area (Å²) in [4.78, 5) is 11.0. The molecule has 2 aromatic rings. The molecule has 0 amide bonds. The van der Waals surface area contributed by atoms with Gasteiger partial charge in [-0.2, -0.15) is 0 Å². The molecule has 0 radical (unpaired) electrons. The highest BCUT2D eigenvalue weighted by atomic mass is 19.1. The predicted octanol–water partition coefficient (Wildman–Crippen LogP) is 3.50. The van der Waals surface area contributed by atoms with Gasteiger partial charge < -0.3 is 5.11 Å². The van der Waals surface area contributed by atoms with E-state index in [1.165, 1.54) is 12.1 Å². The monoisotopic (exact) mass is 230 g/mol. The van der Waals surface area contributed by atoms with E-state index in [2.05, 4.69) is 0 Å². The van der Waals surface area contributed by atoms with Gasteiger partial charge in [-0.15, -0.1) is 0 Å². The second-order valence-corrected chi connectivity index (χ2v) is 3.81. The van der Waals surface area contributed by atoms with Gasteiger partial charge in [0.2, 0.25) is 0 Å². The van der Waals surface area contributed by atoms with Crippen LogP contribution in [0.5, 0.6) is 0 Å². The van der Waals surface area contributed by atoms with Crippen LogP contribution in [-0.4, -0.2) is 11.1 Å². The van der Waals surface area contributed by atoms with Crippen LogP contribution in [0.25, 0.3) is 11.1 Å². The van der Waals surface area contributed by atoms with Crippen molar-refractivity contribution in [1.29, 1.82) is 0 Å². The van der Waals surface area contributed by atoms with Crippen LogP contribution in [-0.2, 0) is 0 Å². The topological polar surface area (TPSA) is 37.3 Å². The second kappa shape index (κ2) is 4.37. The Morgan fingerprint density at radius 2 is 1.88 bits per heavy atom. The minimum atomic E-state index is -0.999. The van der Waals surface area contributed by atoms with E-state index < -0.39 is 5.97 Å². The van der Waals surface area contributed by atoms with Crippen LogP contribution in [0.1, 0.15) is 15.9 Å². The molecule has 0 unspecified atom stereocenters. The molecule has 1 N–H and O–H groups in total. The number of hydrogen-bond acceptors (Lipinski definition) is 1. The number of aryl methyl sites for hydroxylation is 1. The molecule has 0 atom stereocenters. The molecule has 86 valence electrons. The molecule has 0 saturated carbocycles. The minimum absolute atomic E-state index is 0.200. The second-order valence-electron chi connectivity index (χ2n) is 3.81. The number of rotatable bonds is 2. The van der Waals surface area contributed by atoms with E-state index in [4.69, 9.17) is 5.11 Å². The summed E-state index contributed by atoms with van der Waals surface area (Å²) in [5.41, 5.74) is 1.85. The number of carboxylic acid groups (broad SMARTS) is 1. The van der Waals surface area contributed by atoms with Crippen molar-refractivity contribution in [2.45, 2.75) is 6.92 Å². The summed E-state index contributed by atoms with van der Waals surface area (Å²) >= 11 is 0. The van der Waals surface area contributed by atoms with Gasteiger partial charge >= 0.3 is 5.97 Å². The van der Waals surface area contributed by atoms with Gasteiger partial charge in [-0.1, -0.05) is 30.3 Å². The SMILES string of the molecule is Cc1ccc(-c2ccccc2F)cc1C(=O)O. The average Bonchev–Trinajstić information content (AvgIpc) is 2.30. The maximum Gasteiger partial charge on any atom is 0.335 e. The van der Waals surface area contributed by atoms with E-state index in [9.17, 15) is 9.18 Å². The molecule has 0 aliphatic rings. The molecule has 0 fully saturated rings. The van der Waals surface area contributed by atoms with Crippen LogP contribution in [0.3, 0.4) is 0 Å². The molecular formula is C14H11FO2. The quantitative estimate of drug-likeness (QED) is 0.857. The van der Waals surface area contributed by atoms with Crippen molar-refractivity contribution in [3.05, 3.63) is 59.4 Å².